The van der Waals surface area contributed by atoms with Gasteiger partial charge in [0.15, 0.2) is 0 Å². The van der Waals surface area contributed by atoms with E-state index in [0.717, 1.165) is 49.7 Å². The molecule has 0 radical (unpaired) electrons. The van der Waals surface area contributed by atoms with E-state index in [9.17, 15) is 4.79 Å². The zero-order valence-electron chi connectivity index (χ0n) is 15.5. The van der Waals surface area contributed by atoms with Gasteiger partial charge in [-0.1, -0.05) is 26.0 Å². The van der Waals surface area contributed by atoms with E-state index in [2.05, 4.69) is 47.6 Å². The topological polar surface area (TPSA) is 56.7 Å². The van der Waals surface area contributed by atoms with Gasteiger partial charge < -0.3 is 15.5 Å². The number of amides is 1. The van der Waals surface area contributed by atoms with Crippen LogP contribution in [-0.2, 0) is 0 Å². The summed E-state index contributed by atoms with van der Waals surface area (Å²) in [6.07, 6.45) is 4.37. The van der Waals surface area contributed by atoms with Crippen LogP contribution < -0.4 is 10.6 Å². The number of nitrogens with zero attached hydrogens (tertiary/aromatic N) is 2. The second kappa shape index (κ2) is 7.17. The highest BCUT2D eigenvalue weighted by Gasteiger charge is 2.31. The molecule has 2 aliphatic heterocycles. The Morgan fingerprint density at radius 2 is 2.19 bits per heavy atom. The first-order valence-corrected chi connectivity index (χ1v) is 9.57. The molecule has 1 atom stereocenters. The van der Waals surface area contributed by atoms with E-state index in [0.29, 0.717) is 18.0 Å². The van der Waals surface area contributed by atoms with Crippen molar-refractivity contribution in [1.29, 1.82) is 0 Å². The standard InChI is InChI=1S/C21H26N4O/c1-3-25(4-2)10-9-23-21(26)14-5-7-16-19(11-14)24-18-8-6-15-12-22-13-17(15)20(16)18/h5-8,11,15,22H,3-4,9-10,12-13H2,1-2H3,(H,23,26). The van der Waals surface area contributed by atoms with E-state index >= 15 is 0 Å². The van der Waals surface area contributed by atoms with Crippen LogP contribution in [0, 0.1) is 5.92 Å². The number of nitrogens with one attached hydrogen (secondary N) is 2. The van der Waals surface area contributed by atoms with Crippen LogP contribution in [0.1, 0.15) is 29.8 Å². The molecule has 0 spiro atoms. The molecule has 1 aromatic carbocycles. The van der Waals surface area contributed by atoms with E-state index in [1.807, 2.05) is 12.1 Å². The van der Waals surface area contributed by atoms with Crippen LogP contribution in [0.4, 0.5) is 5.69 Å². The lowest BCUT2D eigenvalue weighted by molar-refractivity contribution is 0.0949. The van der Waals surface area contributed by atoms with Crippen LogP contribution in [0.5, 0.6) is 0 Å². The molecule has 1 aromatic rings. The summed E-state index contributed by atoms with van der Waals surface area (Å²) in [6, 6.07) is 5.90. The number of allylic oxidation sites excluding steroid dienone is 2. The third kappa shape index (κ3) is 3.02. The van der Waals surface area contributed by atoms with E-state index < -0.39 is 0 Å². The summed E-state index contributed by atoms with van der Waals surface area (Å²) >= 11 is 0. The highest BCUT2D eigenvalue weighted by atomic mass is 16.1. The number of benzene rings is 1. The molecular weight excluding hydrogens is 324 g/mol. The number of rotatable bonds is 6. The Morgan fingerprint density at radius 1 is 1.35 bits per heavy atom. The van der Waals surface area contributed by atoms with Crippen molar-refractivity contribution in [3.8, 4) is 0 Å². The molecule has 0 bridgehead atoms. The van der Waals surface area contributed by atoms with Crippen LogP contribution in [0.25, 0.3) is 5.57 Å². The van der Waals surface area contributed by atoms with Gasteiger partial charge in [-0.2, -0.15) is 0 Å². The fourth-order valence-corrected chi connectivity index (χ4v) is 4.01. The Kier molecular flexibility index (Phi) is 4.74. The van der Waals surface area contributed by atoms with E-state index in [1.165, 1.54) is 11.1 Å². The van der Waals surface area contributed by atoms with Gasteiger partial charge in [0.2, 0.25) is 0 Å². The summed E-state index contributed by atoms with van der Waals surface area (Å²) in [4.78, 5) is 19.6. The first kappa shape index (κ1) is 17.2. The number of carbonyl (C=O) groups is 1. The summed E-state index contributed by atoms with van der Waals surface area (Å²) in [5.41, 5.74) is 6.49. The second-order valence-electron chi connectivity index (χ2n) is 7.01. The minimum Gasteiger partial charge on any atom is -0.351 e. The Bertz CT molecular complexity index is 817. The van der Waals surface area contributed by atoms with E-state index in [1.54, 1.807) is 0 Å². The molecule has 2 N–H and O–H groups in total. The zero-order chi connectivity index (χ0) is 18.1. The number of carbonyl (C=O) groups excluding carboxylic acids is 1. The largest absolute Gasteiger partial charge is 0.351 e. The Labute approximate surface area is 154 Å². The van der Waals surface area contributed by atoms with Gasteiger partial charge in [-0.25, -0.2) is 4.99 Å². The molecule has 1 aliphatic carbocycles. The van der Waals surface area contributed by atoms with Crippen LogP contribution in [0.15, 0.2) is 40.9 Å². The molecule has 0 aromatic heterocycles. The zero-order valence-corrected chi connectivity index (χ0v) is 15.5. The van der Waals surface area contributed by atoms with Crippen LogP contribution in [0.3, 0.4) is 0 Å². The van der Waals surface area contributed by atoms with Crippen LogP contribution in [-0.4, -0.2) is 55.8 Å². The number of aliphatic imine (C=N–C) groups is 1. The second-order valence-corrected chi connectivity index (χ2v) is 7.01. The third-order valence-electron chi connectivity index (χ3n) is 5.57. The average molecular weight is 350 g/mol. The van der Waals surface area contributed by atoms with Gasteiger partial charge in [0.25, 0.3) is 5.91 Å². The SMILES string of the molecule is CCN(CC)CCNC(=O)c1ccc2c(c1)N=C1C=CC3CNCC3=C12. The van der Waals surface area contributed by atoms with Crippen molar-refractivity contribution in [2.24, 2.45) is 10.9 Å². The van der Waals surface area contributed by atoms with Crippen LogP contribution >= 0.6 is 0 Å². The molecule has 1 amide bonds. The molecule has 3 aliphatic rings. The first-order valence-electron chi connectivity index (χ1n) is 9.57. The van der Waals surface area contributed by atoms with E-state index in [4.69, 9.17) is 4.99 Å². The van der Waals surface area contributed by atoms with Gasteiger partial charge in [0.1, 0.15) is 0 Å². The maximum atomic E-state index is 12.5. The molecule has 1 saturated heterocycles. The summed E-state index contributed by atoms with van der Waals surface area (Å²) < 4.78 is 0. The van der Waals surface area contributed by atoms with Crippen molar-refractivity contribution in [3.63, 3.8) is 0 Å². The molecule has 0 saturated carbocycles. The Morgan fingerprint density at radius 3 is 3.00 bits per heavy atom. The maximum absolute atomic E-state index is 12.5. The lowest BCUT2D eigenvalue weighted by Crippen LogP contribution is -2.34. The average Bonchev–Trinajstić information content (AvgIpc) is 3.27. The summed E-state index contributed by atoms with van der Waals surface area (Å²) in [5.74, 6) is 0.460. The van der Waals surface area contributed by atoms with Gasteiger partial charge in [-0.05, 0) is 36.9 Å². The molecular formula is C21H26N4O. The maximum Gasteiger partial charge on any atom is 0.251 e. The molecule has 1 unspecified atom stereocenters. The lowest BCUT2D eigenvalue weighted by atomic mass is 9.86. The first-order chi connectivity index (χ1) is 12.7. The molecule has 2 heterocycles. The fraction of sp³-hybridized carbons (Fsp3) is 0.429. The molecule has 5 heteroatoms. The minimum atomic E-state index is -0.0244. The highest BCUT2D eigenvalue weighted by molar-refractivity contribution is 6.35. The normalized spacial score (nSPS) is 20.1. The van der Waals surface area contributed by atoms with Crippen molar-refractivity contribution >= 4 is 22.9 Å². The number of hydrogen-bond acceptors (Lipinski definition) is 4. The van der Waals surface area contributed by atoms with Crippen molar-refractivity contribution in [2.45, 2.75) is 13.8 Å². The Balaban J connectivity index is 1.51. The molecule has 26 heavy (non-hydrogen) atoms. The van der Waals surface area contributed by atoms with Gasteiger partial charge in [-0.15, -0.1) is 0 Å². The van der Waals surface area contributed by atoms with Gasteiger partial charge in [0, 0.05) is 48.8 Å². The van der Waals surface area contributed by atoms with Crippen molar-refractivity contribution in [3.05, 3.63) is 47.1 Å². The van der Waals surface area contributed by atoms with E-state index in [-0.39, 0.29) is 5.91 Å². The predicted octanol–water partition coefficient (Wildman–Crippen LogP) is 2.39. The molecule has 4 rings (SSSR count). The predicted molar refractivity (Wildman–Crippen MR) is 106 cm³/mol. The highest BCUT2D eigenvalue weighted by Crippen LogP contribution is 2.42. The van der Waals surface area contributed by atoms with Crippen molar-refractivity contribution in [1.82, 2.24) is 15.5 Å². The van der Waals surface area contributed by atoms with Crippen molar-refractivity contribution in [2.75, 3.05) is 39.3 Å². The minimum absolute atomic E-state index is 0.0244. The summed E-state index contributed by atoms with van der Waals surface area (Å²) in [6.45, 7) is 9.76. The molecule has 1 fully saturated rings. The Hall–Kier alpha value is -2.24. The number of hydrogen-bond donors (Lipinski definition) is 2. The van der Waals surface area contributed by atoms with Gasteiger partial charge in [0.05, 0.1) is 11.4 Å². The van der Waals surface area contributed by atoms with Crippen molar-refractivity contribution < 1.29 is 4.79 Å². The monoisotopic (exact) mass is 350 g/mol. The summed E-state index contributed by atoms with van der Waals surface area (Å²) in [7, 11) is 0. The quantitative estimate of drug-likeness (QED) is 0.828. The molecule has 5 nitrogen and oxygen atoms in total. The fourth-order valence-electron chi connectivity index (χ4n) is 4.01. The number of fused-ring (bicyclic) bond motifs is 4. The lowest BCUT2D eigenvalue weighted by Gasteiger charge is -2.18. The third-order valence-corrected chi connectivity index (χ3v) is 5.57. The molecule has 136 valence electrons. The van der Waals surface area contributed by atoms with Gasteiger partial charge in [-0.3, -0.25) is 4.79 Å². The van der Waals surface area contributed by atoms with Crippen LogP contribution in [0.2, 0.25) is 0 Å². The van der Waals surface area contributed by atoms with Gasteiger partial charge >= 0.3 is 0 Å². The number of likely N-dealkylation sites (N-methyl/N-ethyl adjacent to an activating group) is 1. The summed E-state index contributed by atoms with van der Waals surface area (Å²) in [5, 5.41) is 6.47. The smallest absolute Gasteiger partial charge is 0.251 e.